The van der Waals surface area contributed by atoms with Crippen molar-refractivity contribution in [3.05, 3.63) is 120 Å². The summed E-state index contributed by atoms with van der Waals surface area (Å²) in [4.78, 5) is 33.2. The molecule has 4 heterocycles. The smallest absolute Gasteiger partial charge is 0.264 e. The van der Waals surface area contributed by atoms with Crippen LogP contribution in [0.1, 0.15) is 55.5 Å². The van der Waals surface area contributed by atoms with Crippen molar-refractivity contribution in [3.63, 3.8) is 0 Å². The topological polar surface area (TPSA) is 152 Å². The zero-order chi connectivity index (χ0) is 44.3. The Morgan fingerprint density at radius 1 is 0.937 bits per heavy atom. The highest BCUT2D eigenvalue weighted by molar-refractivity contribution is 6.91. The monoisotopic (exact) mass is 872 g/mol. The maximum Gasteiger partial charge on any atom is 0.264 e. The number of carbonyl (C=O) groups is 2. The number of aromatic nitrogens is 3. The van der Waals surface area contributed by atoms with Gasteiger partial charge in [-0.2, -0.15) is 0 Å². The maximum absolute atomic E-state index is 15.4. The molecule has 1 unspecified atom stereocenters. The van der Waals surface area contributed by atoms with E-state index in [1.165, 1.54) is 5.19 Å². The summed E-state index contributed by atoms with van der Waals surface area (Å²) in [5, 5.41) is 32.1. The van der Waals surface area contributed by atoms with Crippen molar-refractivity contribution in [1.82, 2.24) is 20.3 Å². The number of hydrogen-bond donors (Lipinski definition) is 3. The second kappa shape index (κ2) is 18.8. The summed E-state index contributed by atoms with van der Waals surface area (Å²) in [6.07, 6.45) is 4.67. The van der Waals surface area contributed by atoms with Crippen LogP contribution < -0.4 is 29.8 Å². The van der Waals surface area contributed by atoms with Crippen LogP contribution >= 0.6 is 0 Å². The van der Waals surface area contributed by atoms with Gasteiger partial charge in [0.15, 0.2) is 5.60 Å². The molecule has 2 amide bonds. The number of aryl methyl sites for hydroxylation is 1. The highest BCUT2D eigenvalue weighted by atomic mass is 28.3. The van der Waals surface area contributed by atoms with Gasteiger partial charge in [-0.1, -0.05) is 72.9 Å². The Bertz CT molecular complexity index is 2390. The zero-order valence-corrected chi connectivity index (χ0v) is 38.0. The molecule has 3 aliphatic rings. The van der Waals surface area contributed by atoms with Crippen LogP contribution in [-0.4, -0.2) is 90.7 Å². The first-order valence-electron chi connectivity index (χ1n) is 22.3. The third kappa shape index (κ3) is 8.42. The lowest BCUT2D eigenvalue weighted by molar-refractivity contribution is -0.146. The molecule has 63 heavy (non-hydrogen) atoms. The summed E-state index contributed by atoms with van der Waals surface area (Å²) in [7, 11) is -0.681. The van der Waals surface area contributed by atoms with E-state index in [9.17, 15) is 15.0 Å². The number of hydrogen-bond acceptors (Lipinski definition) is 10. The molecule has 8 rings (SSSR count). The highest BCUT2D eigenvalue weighted by Crippen LogP contribution is 2.60. The summed E-state index contributed by atoms with van der Waals surface area (Å²) >= 11 is 0. The van der Waals surface area contributed by atoms with Crippen LogP contribution in [-0.2, 0) is 45.9 Å². The van der Waals surface area contributed by atoms with Crippen LogP contribution in [0.3, 0.4) is 0 Å². The predicted molar refractivity (Wildman–Crippen MR) is 246 cm³/mol. The molecule has 0 radical (unpaired) electrons. The van der Waals surface area contributed by atoms with Gasteiger partial charge in [0.1, 0.15) is 11.5 Å². The van der Waals surface area contributed by atoms with Crippen molar-refractivity contribution in [2.45, 2.75) is 95.4 Å². The van der Waals surface area contributed by atoms with Crippen molar-refractivity contribution in [1.29, 1.82) is 0 Å². The van der Waals surface area contributed by atoms with E-state index in [2.05, 4.69) is 53.8 Å². The van der Waals surface area contributed by atoms with Gasteiger partial charge in [-0.05, 0) is 104 Å². The van der Waals surface area contributed by atoms with Crippen molar-refractivity contribution in [2.24, 2.45) is 5.92 Å². The van der Waals surface area contributed by atoms with E-state index in [1.807, 2.05) is 95.5 Å². The highest BCUT2D eigenvalue weighted by Gasteiger charge is 2.66. The number of methoxy groups -OCH3 is 1. The molecule has 0 aliphatic carbocycles. The van der Waals surface area contributed by atoms with E-state index in [0.717, 1.165) is 57.4 Å². The molecule has 1 aromatic heterocycles. The average Bonchev–Trinajstić information content (AvgIpc) is 3.94. The number of ether oxygens (including phenoxy) is 3. The summed E-state index contributed by atoms with van der Waals surface area (Å²) in [5.74, 6) is 1.29. The second-order valence-corrected chi connectivity index (χ2v) is 22.2. The van der Waals surface area contributed by atoms with Gasteiger partial charge in [-0.3, -0.25) is 19.2 Å². The Morgan fingerprint density at radius 2 is 1.70 bits per heavy atom. The molecule has 3 N–H and O–H groups in total. The molecule has 4 aromatic carbocycles. The quantitative estimate of drug-likeness (QED) is 0.0704. The lowest BCUT2D eigenvalue weighted by Crippen LogP contribution is -2.51. The summed E-state index contributed by atoms with van der Waals surface area (Å²) < 4.78 is 20.5. The number of nitrogens with zero attached hydrogens (tertiary/aromatic N) is 5. The van der Waals surface area contributed by atoms with Crippen LogP contribution in [0.5, 0.6) is 11.5 Å². The summed E-state index contributed by atoms with van der Waals surface area (Å²) in [6, 6.07) is 29.8. The molecule has 1 fully saturated rings. The van der Waals surface area contributed by atoms with E-state index in [0.29, 0.717) is 51.9 Å². The number of aliphatic hydroxyl groups excluding tert-OH is 2. The standard InChI is InChI=1S/C49H60N6O7Si/c1-6-61-39-19-22-43-35(29-39)30-42(50-25-9-10-27-56)47(58)55(43)37-15-13-34(14-16-37)31-54-44-12-8-7-11-41(44)49(48(54)59)33(2)46(63(4,5)40-20-17-38(60-3)18-21-40)45(62-49)23-26-53-32-36(24-28-57)51-52-53/h7-8,11-22,29,32-33,42,45-46,50,56-57H,6,9-10,23-28,30-31H2,1-5H3/t33-,42?,45+,46-,49+/m0/s1. The Labute approximate surface area is 371 Å². The van der Waals surface area contributed by atoms with E-state index in [-0.39, 0.29) is 42.6 Å². The molecule has 0 bridgehead atoms. The zero-order valence-electron chi connectivity index (χ0n) is 37.0. The first-order chi connectivity index (χ1) is 30.5. The van der Waals surface area contributed by atoms with Crippen molar-refractivity contribution < 1.29 is 34.0 Å². The minimum absolute atomic E-state index is 0.00447. The van der Waals surface area contributed by atoms with Gasteiger partial charge >= 0.3 is 0 Å². The molecule has 14 heteroatoms. The molecule has 5 aromatic rings. The van der Waals surface area contributed by atoms with Crippen LogP contribution in [0.4, 0.5) is 17.1 Å². The third-order valence-corrected chi connectivity index (χ3v) is 17.8. The largest absolute Gasteiger partial charge is 0.497 e. The normalized spacial score (nSPS) is 21.9. The molecular weight excluding hydrogens is 813 g/mol. The van der Waals surface area contributed by atoms with Crippen LogP contribution in [0, 0.1) is 5.92 Å². The fourth-order valence-corrected chi connectivity index (χ4v) is 14.3. The van der Waals surface area contributed by atoms with E-state index in [1.54, 1.807) is 12.0 Å². The molecule has 0 saturated carbocycles. The van der Waals surface area contributed by atoms with E-state index in [4.69, 9.17) is 14.2 Å². The second-order valence-electron chi connectivity index (χ2n) is 17.5. The molecule has 5 atom stereocenters. The van der Waals surface area contributed by atoms with E-state index >= 15 is 4.79 Å². The molecule has 1 spiro atoms. The van der Waals surface area contributed by atoms with Gasteiger partial charge in [-0.15, -0.1) is 5.10 Å². The Kier molecular flexibility index (Phi) is 13.2. The minimum atomic E-state index is -2.36. The van der Waals surface area contributed by atoms with Crippen LogP contribution in [0.2, 0.25) is 18.6 Å². The number of anilines is 3. The Hall–Kier alpha value is -5.38. The fraction of sp³-hybridized carbons (Fsp3) is 0.429. The molecule has 13 nitrogen and oxygen atoms in total. The molecule has 332 valence electrons. The van der Waals surface area contributed by atoms with Gasteiger partial charge in [-0.25, -0.2) is 0 Å². The van der Waals surface area contributed by atoms with Gasteiger partial charge in [0.05, 0.1) is 57.5 Å². The number of benzene rings is 4. The molecular formula is C49H60N6O7Si. The number of rotatable bonds is 18. The molecule has 1 saturated heterocycles. The Morgan fingerprint density at radius 3 is 2.43 bits per heavy atom. The number of carbonyl (C=O) groups excluding carboxylic acids is 2. The number of fused-ring (bicyclic) bond motifs is 3. The van der Waals surface area contributed by atoms with E-state index < -0.39 is 19.7 Å². The summed E-state index contributed by atoms with van der Waals surface area (Å²) in [5.41, 5.74) is 4.82. The number of amides is 2. The predicted octanol–water partition coefficient (Wildman–Crippen LogP) is 6.02. The average molecular weight is 873 g/mol. The number of nitrogens with one attached hydrogen (secondary N) is 1. The van der Waals surface area contributed by atoms with Crippen molar-refractivity contribution in [2.75, 3.05) is 43.3 Å². The van der Waals surface area contributed by atoms with Crippen molar-refractivity contribution in [3.8, 4) is 11.5 Å². The van der Waals surface area contributed by atoms with Gasteiger partial charge in [0.25, 0.3) is 5.91 Å². The van der Waals surface area contributed by atoms with Crippen molar-refractivity contribution >= 4 is 42.1 Å². The molecule has 3 aliphatic heterocycles. The van der Waals surface area contributed by atoms with Crippen LogP contribution in [0.15, 0.2) is 97.2 Å². The van der Waals surface area contributed by atoms with Gasteiger partial charge in [0, 0.05) is 49.5 Å². The summed E-state index contributed by atoms with van der Waals surface area (Å²) in [6.45, 7) is 11.1. The third-order valence-electron chi connectivity index (χ3n) is 13.4. The number of aliphatic hydroxyl groups is 2. The first-order valence-corrected chi connectivity index (χ1v) is 25.4. The SMILES string of the molecule is CCOc1ccc2c(c1)CC(NCCCCO)C(=O)N2c1ccc(CN2C(=O)[C@]3(O[C@H](CCn4cc(CCO)nn4)[C@@H]([Si](C)(C)c4ccc(OC)cc4)[C@@H]3C)c3ccccc32)cc1. The van der Waals surface area contributed by atoms with Gasteiger partial charge < -0.3 is 34.6 Å². The van der Waals surface area contributed by atoms with Crippen LogP contribution in [0.25, 0.3) is 0 Å². The fourth-order valence-electron chi connectivity index (χ4n) is 10.3. The number of unbranched alkanes of at least 4 members (excludes halogenated alkanes) is 1. The minimum Gasteiger partial charge on any atom is -0.497 e. The lowest BCUT2D eigenvalue weighted by atomic mass is 9.82. The van der Waals surface area contributed by atoms with Gasteiger partial charge in [0.2, 0.25) is 5.91 Å². The number of para-hydroxylation sites is 1. The maximum atomic E-state index is 15.4. The Balaban J connectivity index is 1.09. The lowest BCUT2D eigenvalue weighted by Gasteiger charge is -2.37. The first kappa shape index (κ1) is 44.2.